The minimum absolute atomic E-state index is 0.145. The molecule has 1 aromatic heterocycles. The molecule has 0 aliphatic heterocycles. The van der Waals surface area contributed by atoms with Gasteiger partial charge in [0.05, 0.1) is 11.3 Å². The molecule has 3 rings (SSSR count). The Morgan fingerprint density at radius 3 is 2.79 bits per heavy atom. The van der Waals surface area contributed by atoms with Crippen LogP contribution in [0.25, 0.3) is 5.57 Å². The molecule has 0 fully saturated rings. The first kappa shape index (κ1) is 15.6. The van der Waals surface area contributed by atoms with E-state index in [2.05, 4.69) is 22.5 Å². The summed E-state index contributed by atoms with van der Waals surface area (Å²) in [6.45, 7) is 0. The third kappa shape index (κ3) is 3.23. The molecule has 0 saturated heterocycles. The summed E-state index contributed by atoms with van der Waals surface area (Å²) in [4.78, 5) is 16.0. The molecule has 0 saturated carbocycles. The van der Waals surface area contributed by atoms with E-state index in [0.717, 1.165) is 23.1 Å². The first-order valence-electron chi connectivity index (χ1n) is 7.64. The van der Waals surface area contributed by atoms with Crippen molar-refractivity contribution in [1.29, 1.82) is 0 Å². The van der Waals surface area contributed by atoms with Gasteiger partial charge in [-0.05, 0) is 36.1 Å². The number of aryl methyl sites for hydroxylation is 2. The second-order valence-electron chi connectivity index (χ2n) is 5.64. The van der Waals surface area contributed by atoms with Crippen molar-refractivity contribution >= 4 is 11.5 Å². The molecule has 0 spiro atoms. The SMILES string of the molecule is Cn1c(N)nc(CCc2cccc(C3=C=C=CC=C3N)c2)cc1=O. The second-order valence-corrected chi connectivity index (χ2v) is 5.64. The van der Waals surface area contributed by atoms with Crippen molar-refractivity contribution in [1.82, 2.24) is 9.55 Å². The Balaban J connectivity index is 1.81. The monoisotopic (exact) mass is 318 g/mol. The molecule has 0 unspecified atom stereocenters. The maximum Gasteiger partial charge on any atom is 0.254 e. The Morgan fingerprint density at radius 2 is 2.04 bits per heavy atom. The first-order chi connectivity index (χ1) is 11.5. The van der Waals surface area contributed by atoms with Crippen LogP contribution in [0.15, 0.2) is 64.4 Å². The molecule has 1 aliphatic carbocycles. The Bertz CT molecular complexity index is 985. The fourth-order valence-electron chi connectivity index (χ4n) is 2.53. The zero-order chi connectivity index (χ0) is 17.1. The number of hydrogen-bond donors (Lipinski definition) is 2. The van der Waals surface area contributed by atoms with Crippen LogP contribution in [-0.4, -0.2) is 9.55 Å². The quantitative estimate of drug-likeness (QED) is 0.840. The van der Waals surface area contributed by atoms with Crippen molar-refractivity contribution in [2.75, 3.05) is 5.73 Å². The summed E-state index contributed by atoms with van der Waals surface area (Å²) in [6, 6.07) is 9.61. The van der Waals surface area contributed by atoms with Gasteiger partial charge in [0.25, 0.3) is 5.56 Å². The Hall–Kier alpha value is -3.26. The lowest BCUT2D eigenvalue weighted by Gasteiger charge is -2.09. The summed E-state index contributed by atoms with van der Waals surface area (Å²) in [6.07, 6.45) is 4.95. The van der Waals surface area contributed by atoms with Crippen LogP contribution in [0.5, 0.6) is 0 Å². The second kappa shape index (κ2) is 6.47. The van der Waals surface area contributed by atoms with Gasteiger partial charge in [-0.1, -0.05) is 35.7 Å². The lowest BCUT2D eigenvalue weighted by molar-refractivity contribution is 0.806. The van der Waals surface area contributed by atoms with Gasteiger partial charge in [0.2, 0.25) is 5.95 Å². The average Bonchev–Trinajstić information content (AvgIpc) is 2.58. The molecule has 0 radical (unpaired) electrons. The van der Waals surface area contributed by atoms with Gasteiger partial charge in [-0.25, -0.2) is 4.98 Å². The van der Waals surface area contributed by atoms with E-state index in [0.29, 0.717) is 17.8 Å². The number of nitrogen functional groups attached to an aromatic ring is 1. The Morgan fingerprint density at radius 1 is 1.21 bits per heavy atom. The standard InChI is InChI=1S/C19H18N4O/c1-23-18(24)12-15(22-19(23)21)10-9-13-5-4-6-14(11-13)16-7-2-3-8-17(16)20/h3-6,8,11-12H,9-10,20H2,1H3,(H2,21,22). The van der Waals surface area contributed by atoms with E-state index in [4.69, 9.17) is 11.5 Å². The fourth-order valence-corrected chi connectivity index (χ4v) is 2.53. The molecular formula is C19H18N4O. The van der Waals surface area contributed by atoms with Crippen molar-refractivity contribution in [3.8, 4) is 0 Å². The zero-order valence-electron chi connectivity index (χ0n) is 13.4. The third-order valence-corrected chi connectivity index (χ3v) is 3.94. The predicted molar refractivity (Wildman–Crippen MR) is 95.0 cm³/mol. The van der Waals surface area contributed by atoms with Crippen molar-refractivity contribution in [3.63, 3.8) is 0 Å². The number of nitrogens with zero attached hydrogens (tertiary/aromatic N) is 2. The highest BCUT2D eigenvalue weighted by Gasteiger charge is 2.08. The zero-order valence-corrected chi connectivity index (χ0v) is 13.4. The summed E-state index contributed by atoms with van der Waals surface area (Å²) in [7, 11) is 1.61. The maximum absolute atomic E-state index is 11.8. The van der Waals surface area contributed by atoms with E-state index in [1.54, 1.807) is 13.1 Å². The molecule has 120 valence electrons. The number of hydrogen-bond acceptors (Lipinski definition) is 4. The summed E-state index contributed by atoms with van der Waals surface area (Å²) >= 11 is 0. The van der Waals surface area contributed by atoms with Crippen molar-refractivity contribution in [2.24, 2.45) is 12.8 Å². The number of aromatic nitrogens is 2. The summed E-state index contributed by atoms with van der Waals surface area (Å²) in [5.74, 6) is 0.230. The summed E-state index contributed by atoms with van der Waals surface area (Å²) in [5.41, 5.74) is 21.9. The average molecular weight is 318 g/mol. The van der Waals surface area contributed by atoms with Crippen LogP contribution in [0.2, 0.25) is 0 Å². The van der Waals surface area contributed by atoms with Crippen LogP contribution in [-0.2, 0) is 19.9 Å². The van der Waals surface area contributed by atoms with Gasteiger partial charge < -0.3 is 11.5 Å². The molecule has 5 nitrogen and oxygen atoms in total. The topological polar surface area (TPSA) is 86.9 Å². The largest absolute Gasteiger partial charge is 0.398 e. The van der Waals surface area contributed by atoms with E-state index in [9.17, 15) is 4.79 Å². The minimum Gasteiger partial charge on any atom is -0.398 e. The highest BCUT2D eigenvalue weighted by atomic mass is 16.1. The van der Waals surface area contributed by atoms with Gasteiger partial charge in [0.1, 0.15) is 0 Å². The Labute approximate surface area is 139 Å². The molecule has 2 aromatic rings. The molecule has 1 aliphatic rings. The van der Waals surface area contributed by atoms with Gasteiger partial charge in [-0.2, -0.15) is 0 Å². The number of rotatable bonds is 4. The summed E-state index contributed by atoms with van der Waals surface area (Å²) < 4.78 is 1.33. The van der Waals surface area contributed by atoms with Gasteiger partial charge in [-0.15, -0.1) is 0 Å². The van der Waals surface area contributed by atoms with Gasteiger partial charge >= 0.3 is 0 Å². The van der Waals surface area contributed by atoms with Crippen LogP contribution in [0.1, 0.15) is 16.8 Å². The molecule has 0 amide bonds. The minimum atomic E-state index is -0.145. The highest BCUT2D eigenvalue weighted by Crippen LogP contribution is 2.21. The van der Waals surface area contributed by atoms with Crippen LogP contribution in [0, 0.1) is 0 Å². The maximum atomic E-state index is 11.8. The van der Waals surface area contributed by atoms with E-state index in [1.165, 1.54) is 10.6 Å². The number of allylic oxidation sites excluding steroid dienone is 3. The number of benzene rings is 1. The molecule has 5 heteroatoms. The molecular weight excluding hydrogens is 300 g/mol. The first-order valence-corrected chi connectivity index (χ1v) is 7.64. The lowest BCUT2D eigenvalue weighted by Crippen LogP contribution is -2.21. The van der Waals surface area contributed by atoms with Crippen LogP contribution in [0.3, 0.4) is 0 Å². The predicted octanol–water partition coefficient (Wildman–Crippen LogP) is 1.70. The van der Waals surface area contributed by atoms with Crippen molar-refractivity contribution in [2.45, 2.75) is 12.8 Å². The molecule has 0 atom stereocenters. The molecule has 4 N–H and O–H groups in total. The van der Waals surface area contributed by atoms with E-state index >= 15 is 0 Å². The smallest absolute Gasteiger partial charge is 0.254 e. The molecule has 1 aromatic carbocycles. The van der Waals surface area contributed by atoms with Crippen molar-refractivity contribution in [3.05, 3.63) is 86.8 Å². The number of anilines is 1. The van der Waals surface area contributed by atoms with E-state index in [1.807, 2.05) is 24.3 Å². The third-order valence-electron chi connectivity index (χ3n) is 3.94. The van der Waals surface area contributed by atoms with Crippen LogP contribution < -0.4 is 17.0 Å². The van der Waals surface area contributed by atoms with Gasteiger partial charge in [0.15, 0.2) is 0 Å². The van der Waals surface area contributed by atoms with Gasteiger partial charge in [-0.3, -0.25) is 9.36 Å². The van der Waals surface area contributed by atoms with Gasteiger partial charge in [0, 0.05) is 18.8 Å². The molecule has 24 heavy (non-hydrogen) atoms. The van der Waals surface area contributed by atoms with Crippen LogP contribution >= 0.6 is 0 Å². The molecule has 1 heterocycles. The Kier molecular flexibility index (Phi) is 4.21. The number of nitrogens with two attached hydrogens (primary N) is 2. The van der Waals surface area contributed by atoms with Crippen molar-refractivity contribution < 1.29 is 0 Å². The fraction of sp³-hybridized carbons (Fsp3) is 0.158. The lowest BCUT2D eigenvalue weighted by atomic mass is 9.98. The van der Waals surface area contributed by atoms with E-state index < -0.39 is 0 Å². The van der Waals surface area contributed by atoms with Crippen LogP contribution in [0.4, 0.5) is 5.95 Å². The normalized spacial score (nSPS) is 12.9. The molecule has 0 bridgehead atoms. The highest BCUT2D eigenvalue weighted by molar-refractivity contribution is 5.79. The summed E-state index contributed by atoms with van der Waals surface area (Å²) in [5, 5.41) is 0. The van der Waals surface area contributed by atoms with E-state index in [-0.39, 0.29) is 11.5 Å².